The van der Waals surface area contributed by atoms with Gasteiger partial charge in [-0.15, -0.1) is 0 Å². The first kappa shape index (κ1) is 17.4. The molecule has 1 aromatic carbocycles. The smallest absolute Gasteiger partial charge is 0.547 e. The number of ether oxygens (including phenoxy) is 1. The molecule has 0 radical (unpaired) electrons. The fraction of sp³-hybridized carbons (Fsp3) is 0.300. The molecule has 0 saturated carbocycles. The zero-order valence-electron chi connectivity index (χ0n) is 9.08. The number of hydrogen-bond donors (Lipinski definition) is 0. The van der Waals surface area contributed by atoms with Gasteiger partial charge in [-0.3, -0.25) is 0 Å². The van der Waals surface area contributed by atoms with Crippen molar-refractivity contribution in [3.63, 3.8) is 0 Å². The van der Waals surface area contributed by atoms with Gasteiger partial charge >= 0.3 is 29.6 Å². The predicted octanol–water partition coefficient (Wildman–Crippen LogP) is -0.963. The van der Waals surface area contributed by atoms with Crippen LogP contribution in [-0.2, 0) is 4.79 Å². The Labute approximate surface area is 136 Å². The molecule has 0 aliphatic carbocycles. The van der Waals surface area contributed by atoms with Crippen molar-refractivity contribution in [1.82, 2.24) is 0 Å². The summed E-state index contributed by atoms with van der Waals surface area (Å²) >= 11 is 16.6. The van der Waals surface area contributed by atoms with E-state index in [9.17, 15) is 9.90 Å². The third-order valence-corrected chi connectivity index (χ3v) is 2.74. The van der Waals surface area contributed by atoms with E-state index in [-0.39, 0.29) is 42.6 Å². The van der Waals surface area contributed by atoms with E-state index in [1.807, 2.05) is 0 Å². The minimum Gasteiger partial charge on any atom is -0.547 e. The second-order valence-electron chi connectivity index (χ2n) is 3.04. The summed E-state index contributed by atoms with van der Waals surface area (Å²) in [6.45, 7) is 0.0720. The number of rotatable bonds is 5. The van der Waals surface area contributed by atoms with Crippen LogP contribution in [0.1, 0.15) is 6.42 Å². The molecule has 0 atom stereocenters. The van der Waals surface area contributed by atoms with E-state index in [0.717, 1.165) is 0 Å². The van der Waals surface area contributed by atoms with Gasteiger partial charge in [-0.2, -0.15) is 0 Å². The fourth-order valence-corrected chi connectivity index (χ4v) is 1.21. The van der Waals surface area contributed by atoms with Gasteiger partial charge in [-0.05, 0) is 24.3 Å². The van der Waals surface area contributed by atoms with E-state index >= 15 is 0 Å². The van der Waals surface area contributed by atoms with Crippen molar-refractivity contribution in [1.29, 1.82) is 0 Å². The molecule has 1 rings (SSSR count). The average molecular weight is 306 g/mol. The van der Waals surface area contributed by atoms with Crippen molar-refractivity contribution in [3.05, 3.63) is 29.3 Å². The molecule has 7 heteroatoms. The monoisotopic (exact) mass is 304 g/mol. The number of aliphatic carboxylic acids is 1. The van der Waals surface area contributed by atoms with E-state index in [4.69, 9.17) is 39.5 Å². The second-order valence-corrected chi connectivity index (χ2v) is 4.96. The van der Waals surface area contributed by atoms with Gasteiger partial charge in [0.2, 0.25) is 0 Å². The molecule has 0 fully saturated rings. The zero-order chi connectivity index (χ0) is 12.2. The number of carbonyl (C=O) groups excluding carboxylic acids is 1. The maximum Gasteiger partial charge on any atom is 1.00 e. The van der Waals surface area contributed by atoms with E-state index in [0.29, 0.717) is 10.8 Å². The van der Waals surface area contributed by atoms with Crippen LogP contribution in [0.3, 0.4) is 0 Å². The third kappa shape index (κ3) is 6.18. The summed E-state index contributed by atoms with van der Waals surface area (Å²) < 4.78 is 3.30. The first-order valence-electron chi connectivity index (χ1n) is 4.39. The molecule has 0 bridgehead atoms. The van der Waals surface area contributed by atoms with Crippen LogP contribution in [0.15, 0.2) is 24.3 Å². The molecule has 0 aliphatic rings. The quantitative estimate of drug-likeness (QED) is 0.520. The Morgan fingerprint density at radius 3 is 2.29 bits per heavy atom. The van der Waals surface area contributed by atoms with Crippen molar-refractivity contribution < 1.29 is 44.2 Å². The number of benzene rings is 1. The number of hydrogen-bond acceptors (Lipinski definition) is 3. The Morgan fingerprint density at radius 2 is 1.82 bits per heavy atom. The molecule has 0 unspecified atom stereocenters. The van der Waals surface area contributed by atoms with Gasteiger partial charge in [-0.1, -0.05) is 34.8 Å². The van der Waals surface area contributed by atoms with Crippen molar-refractivity contribution in [2.75, 3.05) is 6.61 Å². The van der Waals surface area contributed by atoms with Crippen LogP contribution in [0.25, 0.3) is 0 Å². The Hall–Kier alpha value is 0.360. The van der Waals surface area contributed by atoms with Gasteiger partial charge < -0.3 is 14.6 Å². The number of carboxylic acid groups (broad SMARTS) is 1. The minimum atomic E-state index is -1.92. The van der Waals surface area contributed by atoms with Crippen molar-refractivity contribution in [3.8, 4) is 5.75 Å². The summed E-state index contributed by atoms with van der Waals surface area (Å²) in [5.74, 6) is -0.970. The van der Waals surface area contributed by atoms with Crippen LogP contribution in [0.5, 0.6) is 5.75 Å². The molecule has 0 aromatic heterocycles. The van der Waals surface area contributed by atoms with Crippen LogP contribution in [0.2, 0.25) is 5.02 Å². The number of alkyl halides is 2. The van der Waals surface area contributed by atoms with E-state index in [1.165, 1.54) is 0 Å². The van der Waals surface area contributed by atoms with E-state index in [1.54, 1.807) is 24.3 Å². The van der Waals surface area contributed by atoms with Gasteiger partial charge in [0.05, 0.1) is 12.6 Å². The average Bonchev–Trinajstić information content (AvgIpc) is 2.20. The largest absolute Gasteiger partial charge is 1.00 e. The van der Waals surface area contributed by atoms with Gasteiger partial charge in [-0.25, -0.2) is 0 Å². The van der Waals surface area contributed by atoms with Crippen molar-refractivity contribution >= 4 is 40.8 Å². The van der Waals surface area contributed by atoms with Crippen LogP contribution in [-0.4, -0.2) is 16.9 Å². The van der Waals surface area contributed by atoms with Gasteiger partial charge in [0.25, 0.3) is 0 Å². The fourth-order valence-electron chi connectivity index (χ4n) is 0.930. The normalized spacial score (nSPS) is 10.5. The first-order chi connectivity index (χ1) is 7.42. The molecule has 3 nitrogen and oxygen atoms in total. The summed E-state index contributed by atoms with van der Waals surface area (Å²) in [5.41, 5.74) is 0. The summed E-state index contributed by atoms with van der Waals surface area (Å²) in [4.78, 5) is 10.5. The molecule has 1 aromatic rings. The maximum atomic E-state index is 10.5. The standard InChI is InChI=1S/C10H9Cl3O3.Na/c11-7-1-3-8(4-2-7)16-6-5-10(12,13)9(14)15;/h1-4H,5-6H2,(H,14,15);/q;+1/p-1. The van der Waals surface area contributed by atoms with Crippen molar-refractivity contribution in [2.45, 2.75) is 10.8 Å². The number of halogens is 3. The maximum absolute atomic E-state index is 10.5. The van der Waals surface area contributed by atoms with E-state index in [2.05, 4.69) is 0 Å². The first-order valence-corrected chi connectivity index (χ1v) is 5.53. The Morgan fingerprint density at radius 1 is 1.29 bits per heavy atom. The molecule has 0 spiro atoms. The number of carbonyl (C=O) groups is 1. The Balaban J connectivity index is 0.00000256. The third-order valence-electron chi connectivity index (χ3n) is 1.80. The predicted molar refractivity (Wildman–Crippen MR) is 61.0 cm³/mol. The molecule has 0 heterocycles. The Kier molecular flexibility index (Phi) is 7.88. The van der Waals surface area contributed by atoms with Crippen LogP contribution in [0.4, 0.5) is 0 Å². The van der Waals surface area contributed by atoms with Crippen molar-refractivity contribution in [2.24, 2.45) is 0 Å². The molecule has 0 saturated heterocycles. The van der Waals surface area contributed by atoms with Crippen LogP contribution < -0.4 is 39.4 Å². The SMILES string of the molecule is O=C([O-])C(Cl)(Cl)CCOc1ccc(Cl)cc1.[Na+]. The molecule has 17 heavy (non-hydrogen) atoms. The van der Waals surface area contributed by atoms with E-state index < -0.39 is 10.3 Å². The molecule has 88 valence electrons. The number of carboxylic acids is 1. The molecule has 0 N–H and O–H groups in total. The summed E-state index contributed by atoms with van der Waals surface area (Å²) in [6, 6.07) is 6.63. The minimum absolute atomic E-state index is 0. The second kappa shape index (κ2) is 7.72. The molecule has 0 amide bonds. The molecular formula is C10H8Cl3NaO3. The van der Waals surface area contributed by atoms with Crippen LogP contribution >= 0.6 is 34.8 Å². The zero-order valence-corrected chi connectivity index (χ0v) is 13.4. The van der Waals surface area contributed by atoms with Gasteiger partial charge in [0.15, 0.2) is 4.33 Å². The Bertz CT molecular complexity index is 368. The van der Waals surface area contributed by atoms with Gasteiger partial charge in [0.1, 0.15) is 5.75 Å². The van der Waals surface area contributed by atoms with Gasteiger partial charge in [0, 0.05) is 11.4 Å². The summed E-state index contributed by atoms with van der Waals surface area (Å²) in [5, 5.41) is 11.0. The summed E-state index contributed by atoms with van der Waals surface area (Å²) in [6.07, 6.45) is -0.0684. The van der Waals surface area contributed by atoms with Crippen LogP contribution in [0, 0.1) is 0 Å². The topological polar surface area (TPSA) is 49.4 Å². The molecule has 0 aliphatic heterocycles. The summed E-state index contributed by atoms with van der Waals surface area (Å²) in [7, 11) is 0. The molecular weight excluding hydrogens is 297 g/mol.